The zero-order valence-corrected chi connectivity index (χ0v) is 13.7. The molecule has 2 aromatic heterocycles. The van der Waals surface area contributed by atoms with E-state index in [4.69, 9.17) is 0 Å². The van der Waals surface area contributed by atoms with Crippen LogP contribution >= 0.6 is 27.3 Å². The summed E-state index contributed by atoms with van der Waals surface area (Å²) in [5.41, 5.74) is 0.776. The topological polar surface area (TPSA) is 47.2 Å². The minimum Gasteiger partial charge on any atom is -0.267 e. The quantitative estimate of drug-likeness (QED) is 0.668. The van der Waals surface area contributed by atoms with Gasteiger partial charge in [0.1, 0.15) is 11.2 Å². The van der Waals surface area contributed by atoms with E-state index in [0.717, 1.165) is 26.2 Å². The normalized spacial score (nSPS) is 11.5. The molecule has 0 amide bonds. The number of thiophene rings is 1. The zero-order valence-electron chi connectivity index (χ0n) is 11.3. The number of hydrogen-bond donors (Lipinski definition) is 0. The lowest BCUT2D eigenvalue weighted by atomic mass is 10.2. The Bertz CT molecular complexity index is 882. The minimum absolute atomic E-state index is 0.137. The van der Waals surface area contributed by atoms with Crippen molar-refractivity contribution < 1.29 is 0 Å². The number of aryl methyl sites for hydroxylation is 1. The van der Waals surface area contributed by atoms with Crippen molar-refractivity contribution in [2.45, 2.75) is 13.3 Å². The molecule has 6 heteroatoms. The molecule has 0 fully saturated rings. The fourth-order valence-corrected chi connectivity index (χ4v) is 3.28. The Labute approximate surface area is 133 Å². The summed E-state index contributed by atoms with van der Waals surface area (Å²) >= 11 is 4.96. The van der Waals surface area contributed by atoms with Crippen LogP contribution in [0.15, 0.2) is 51.0 Å². The van der Waals surface area contributed by atoms with Gasteiger partial charge in [-0.2, -0.15) is 9.78 Å². The fourth-order valence-electron chi connectivity index (χ4n) is 1.94. The summed E-state index contributed by atoms with van der Waals surface area (Å²) < 4.78 is 2.24. The standard InChI is InChI=1S/C15H12BrN3OS/c1-2-12-7-13-14(21-12)17-9-19(15(13)20)18-8-10-4-3-5-11(16)6-10/h3-9H,2H2,1H3/b18-8-. The molecule has 0 saturated heterocycles. The molecule has 0 saturated carbocycles. The van der Waals surface area contributed by atoms with Crippen molar-refractivity contribution in [3.63, 3.8) is 0 Å². The summed E-state index contributed by atoms with van der Waals surface area (Å²) in [6, 6.07) is 9.61. The van der Waals surface area contributed by atoms with Crippen LogP contribution in [0.4, 0.5) is 0 Å². The molecule has 2 heterocycles. The first kappa shape index (κ1) is 14.2. The van der Waals surface area contributed by atoms with Gasteiger partial charge in [0.05, 0.1) is 11.6 Å². The largest absolute Gasteiger partial charge is 0.282 e. The van der Waals surface area contributed by atoms with Crippen LogP contribution in [0.25, 0.3) is 10.2 Å². The predicted octanol–water partition coefficient (Wildman–Crippen LogP) is 3.67. The average molecular weight is 362 g/mol. The summed E-state index contributed by atoms with van der Waals surface area (Å²) in [4.78, 5) is 18.6. The zero-order chi connectivity index (χ0) is 14.8. The fraction of sp³-hybridized carbons (Fsp3) is 0.133. The monoisotopic (exact) mass is 361 g/mol. The van der Waals surface area contributed by atoms with Crippen LogP contribution in [0, 0.1) is 0 Å². The second-order valence-corrected chi connectivity index (χ2v) is 6.51. The molecule has 106 valence electrons. The third-order valence-electron chi connectivity index (χ3n) is 3.01. The molecule has 0 unspecified atom stereocenters. The van der Waals surface area contributed by atoms with Gasteiger partial charge in [-0.3, -0.25) is 4.79 Å². The number of aromatic nitrogens is 2. The van der Waals surface area contributed by atoms with Gasteiger partial charge < -0.3 is 0 Å². The van der Waals surface area contributed by atoms with Gasteiger partial charge in [0, 0.05) is 9.35 Å². The third-order valence-corrected chi connectivity index (χ3v) is 4.70. The molecule has 3 rings (SSSR count). The van der Waals surface area contributed by atoms with Crippen LogP contribution in [-0.2, 0) is 6.42 Å². The van der Waals surface area contributed by atoms with Crippen LogP contribution in [0.5, 0.6) is 0 Å². The molecular formula is C15H12BrN3OS. The summed E-state index contributed by atoms with van der Waals surface area (Å²) in [7, 11) is 0. The van der Waals surface area contributed by atoms with E-state index in [9.17, 15) is 4.79 Å². The maximum absolute atomic E-state index is 12.4. The lowest BCUT2D eigenvalue weighted by Gasteiger charge is -1.97. The highest BCUT2D eigenvalue weighted by Crippen LogP contribution is 2.20. The molecule has 0 aliphatic carbocycles. The van der Waals surface area contributed by atoms with Gasteiger partial charge >= 0.3 is 0 Å². The van der Waals surface area contributed by atoms with Crippen LogP contribution in [-0.4, -0.2) is 15.9 Å². The van der Waals surface area contributed by atoms with Gasteiger partial charge in [-0.15, -0.1) is 11.3 Å². The van der Waals surface area contributed by atoms with Crippen molar-refractivity contribution in [1.29, 1.82) is 0 Å². The molecule has 0 atom stereocenters. The van der Waals surface area contributed by atoms with E-state index in [1.54, 1.807) is 17.6 Å². The van der Waals surface area contributed by atoms with Gasteiger partial charge in [-0.25, -0.2) is 4.98 Å². The average Bonchev–Trinajstić information content (AvgIpc) is 2.91. The molecule has 21 heavy (non-hydrogen) atoms. The van der Waals surface area contributed by atoms with Gasteiger partial charge in [-0.1, -0.05) is 35.0 Å². The Balaban J connectivity index is 2.01. The summed E-state index contributed by atoms with van der Waals surface area (Å²) in [5, 5.41) is 4.83. The summed E-state index contributed by atoms with van der Waals surface area (Å²) in [5.74, 6) is 0. The van der Waals surface area contributed by atoms with Gasteiger partial charge in [0.25, 0.3) is 5.56 Å². The molecule has 4 nitrogen and oxygen atoms in total. The van der Waals surface area contributed by atoms with Crippen molar-refractivity contribution >= 4 is 43.7 Å². The van der Waals surface area contributed by atoms with E-state index in [-0.39, 0.29) is 5.56 Å². The van der Waals surface area contributed by atoms with Crippen LogP contribution in [0.1, 0.15) is 17.4 Å². The van der Waals surface area contributed by atoms with Crippen LogP contribution in [0.3, 0.4) is 0 Å². The predicted molar refractivity (Wildman–Crippen MR) is 90.4 cm³/mol. The Morgan fingerprint density at radius 3 is 3.05 bits per heavy atom. The maximum atomic E-state index is 12.4. The number of fused-ring (bicyclic) bond motifs is 1. The summed E-state index contributed by atoms with van der Waals surface area (Å²) in [6.07, 6.45) is 4.02. The van der Waals surface area contributed by atoms with Crippen LogP contribution < -0.4 is 5.56 Å². The van der Waals surface area contributed by atoms with Crippen molar-refractivity contribution in [2.24, 2.45) is 5.10 Å². The molecule has 1 aromatic carbocycles. The molecule has 0 spiro atoms. The molecule has 0 aliphatic heterocycles. The molecule has 0 aliphatic rings. The smallest absolute Gasteiger partial charge is 0.267 e. The lowest BCUT2D eigenvalue weighted by molar-refractivity contribution is 0.818. The number of hydrogen-bond acceptors (Lipinski definition) is 4. The first-order valence-corrected chi connectivity index (χ1v) is 8.08. The molecule has 0 radical (unpaired) electrons. The highest BCUT2D eigenvalue weighted by molar-refractivity contribution is 9.10. The molecule has 0 bridgehead atoms. The maximum Gasteiger partial charge on any atom is 0.282 e. The second kappa shape index (κ2) is 5.91. The number of benzene rings is 1. The molecule has 3 aromatic rings. The Morgan fingerprint density at radius 2 is 2.29 bits per heavy atom. The Morgan fingerprint density at radius 1 is 1.43 bits per heavy atom. The van der Waals surface area contributed by atoms with Crippen molar-refractivity contribution in [1.82, 2.24) is 9.66 Å². The number of rotatable bonds is 3. The van der Waals surface area contributed by atoms with Crippen molar-refractivity contribution in [2.75, 3.05) is 0 Å². The molecular weight excluding hydrogens is 350 g/mol. The van der Waals surface area contributed by atoms with E-state index in [1.165, 1.54) is 11.0 Å². The second-order valence-electron chi connectivity index (χ2n) is 4.48. The van der Waals surface area contributed by atoms with Gasteiger partial charge in [0.15, 0.2) is 0 Å². The van der Waals surface area contributed by atoms with Gasteiger partial charge in [0.2, 0.25) is 0 Å². The SMILES string of the molecule is CCc1cc2c(=O)n(/N=C\c3cccc(Br)c3)cnc2s1. The van der Waals surface area contributed by atoms with E-state index in [0.29, 0.717) is 5.39 Å². The lowest BCUT2D eigenvalue weighted by Crippen LogP contribution is -2.16. The molecule has 0 N–H and O–H groups in total. The van der Waals surface area contributed by atoms with Crippen molar-refractivity contribution in [3.8, 4) is 0 Å². The van der Waals surface area contributed by atoms with Crippen molar-refractivity contribution in [3.05, 3.63) is 61.9 Å². The van der Waals surface area contributed by atoms with Crippen LogP contribution in [0.2, 0.25) is 0 Å². The first-order chi connectivity index (χ1) is 10.2. The number of nitrogens with zero attached hydrogens (tertiary/aromatic N) is 3. The summed E-state index contributed by atoms with van der Waals surface area (Å²) in [6.45, 7) is 2.06. The van der Waals surface area contributed by atoms with Gasteiger partial charge in [-0.05, 0) is 30.2 Å². The Hall–Kier alpha value is -1.79. The third kappa shape index (κ3) is 2.96. The minimum atomic E-state index is -0.137. The highest BCUT2D eigenvalue weighted by Gasteiger charge is 2.07. The number of halogens is 1. The van der Waals surface area contributed by atoms with E-state index >= 15 is 0 Å². The van der Waals surface area contributed by atoms with E-state index in [1.807, 2.05) is 30.3 Å². The highest BCUT2D eigenvalue weighted by atomic mass is 79.9. The van der Waals surface area contributed by atoms with E-state index in [2.05, 4.69) is 32.9 Å². The first-order valence-electron chi connectivity index (χ1n) is 6.47. The van der Waals surface area contributed by atoms with E-state index < -0.39 is 0 Å². The Kier molecular flexibility index (Phi) is 3.98.